The number of halogens is 2. The van der Waals surface area contributed by atoms with E-state index in [9.17, 15) is 0 Å². The summed E-state index contributed by atoms with van der Waals surface area (Å²) >= 11 is 3.49. The number of rotatable bonds is 7. The fraction of sp³-hybridized carbons (Fsp3) is 0.278. The van der Waals surface area contributed by atoms with Gasteiger partial charge in [-0.15, -0.1) is 24.0 Å². The summed E-state index contributed by atoms with van der Waals surface area (Å²) in [7, 11) is 3.40. The van der Waals surface area contributed by atoms with E-state index in [0.29, 0.717) is 19.7 Å². The molecule has 0 spiro atoms. The quantitative estimate of drug-likeness (QED) is 0.253. The van der Waals surface area contributed by atoms with E-state index in [2.05, 4.69) is 31.6 Å². The zero-order valence-electron chi connectivity index (χ0n) is 14.3. The highest BCUT2D eigenvalue weighted by Crippen LogP contribution is 2.25. The van der Waals surface area contributed by atoms with E-state index in [4.69, 9.17) is 9.47 Å². The van der Waals surface area contributed by atoms with Gasteiger partial charge in [0.05, 0.1) is 18.1 Å². The van der Waals surface area contributed by atoms with Crippen LogP contribution in [0, 0.1) is 0 Å². The van der Waals surface area contributed by atoms with Crippen LogP contribution in [0.4, 0.5) is 0 Å². The second-order valence-corrected chi connectivity index (χ2v) is 5.84. The third-order valence-electron chi connectivity index (χ3n) is 3.31. The van der Waals surface area contributed by atoms with Gasteiger partial charge in [-0.25, -0.2) is 0 Å². The molecule has 0 saturated heterocycles. The Bertz CT molecular complexity index is 669. The van der Waals surface area contributed by atoms with Crippen molar-refractivity contribution < 1.29 is 9.47 Å². The van der Waals surface area contributed by atoms with Gasteiger partial charge in [0.15, 0.2) is 5.96 Å². The predicted octanol–water partition coefficient (Wildman–Crippen LogP) is 3.82. The minimum atomic E-state index is 0. The smallest absolute Gasteiger partial charge is 0.191 e. The number of methoxy groups -OCH3 is 1. The summed E-state index contributed by atoms with van der Waals surface area (Å²) in [4.78, 5) is 4.21. The lowest BCUT2D eigenvalue weighted by Gasteiger charge is -2.13. The van der Waals surface area contributed by atoms with Gasteiger partial charge in [0.25, 0.3) is 0 Å². The average molecular weight is 520 g/mol. The van der Waals surface area contributed by atoms with E-state index >= 15 is 0 Å². The van der Waals surface area contributed by atoms with Crippen molar-refractivity contribution in [3.63, 3.8) is 0 Å². The van der Waals surface area contributed by atoms with Gasteiger partial charge < -0.3 is 20.1 Å². The van der Waals surface area contributed by atoms with Gasteiger partial charge in [-0.2, -0.15) is 0 Å². The Morgan fingerprint density at radius 2 is 1.88 bits per heavy atom. The minimum Gasteiger partial charge on any atom is -0.496 e. The van der Waals surface area contributed by atoms with Crippen molar-refractivity contribution in [3.8, 4) is 11.5 Å². The minimum absolute atomic E-state index is 0. The Morgan fingerprint density at radius 1 is 1.12 bits per heavy atom. The summed E-state index contributed by atoms with van der Waals surface area (Å²) in [6.07, 6.45) is 0. The summed E-state index contributed by atoms with van der Waals surface area (Å²) in [6.45, 7) is 1.90. The van der Waals surface area contributed by atoms with Gasteiger partial charge in [0, 0.05) is 13.6 Å². The number of guanidine groups is 1. The molecule has 136 valence electrons. The first kappa shape index (κ1) is 21.6. The van der Waals surface area contributed by atoms with E-state index < -0.39 is 0 Å². The van der Waals surface area contributed by atoms with Crippen LogP contribution in [0.15, 0.2) is 58.0 Å². The molecule has 5 nitrogen and oxygen atoms in total. The molecule has 2 aromatic carbocycles. The molecule has 0 amide bonds. The van der Waals surface area contributed by atoms with E-state index in [1.165, 1.54) is 0 Å². The molecule has 0 aliphatic carbocycles. The molecule has 0 aliphatic heterocycles. The SMILES string of the molecule is CN=C(NCCOc1ccccc1)NCc1ccc(OC)c(Br)c1.I. The third kappa shape index (κ3) is 7.52. The number of hydrogen-bond acceptors (Lipinski definition) is 3. The topological polar surface area (TPSA) is 54.9 Å². The predicted molar refractivity (Wildman–Crippen MR) is 116 cm³/mol. The maximum atomic E-state index is 5.64. The molecule has 0 unspecified atom stereocenters. The Kier molecular flexibility index (Phi) is 10.3. The largest absolute Gasteiger partial charge is 0.496 e. The van der Waals surface area contributed by atoms with E-state index in [0.717, 1.165) is 27.5 Å². The molecule has 0 saturated carbocycles. The van der Waals surface area contributed by atoms with Crippen LogP contribution in [-0.4, -0.2) is 33.3 Å². The summed E-state index contributed by atoms with van der Waals surface area (Å²) in [5, 5.41) is 6.50. The van der Waals surface area contributed by atoms with Crippen molar-refractivity contribution in [1.82, 2.24) is 10.6 Å². The molecule has 7 heteroatoms. The van der Waals surface area contributed by atoms with Crippen LogP contribution >= 0.6 is 39.9 Å². The van der Waals surface area contributed by atoms with Crippen LogP contribution in [0.2, 0.25) is 0 Å². The second kappa shape index (κ2) is 12.0. The summed E-state index contributed by atoms with van der Waals surface area (Å²) in [6, 6.07) is 15.7. The number of aliphatic imine (C=N–C) groups is 1. The second-order valence-electron chi connectivity index (χ2n) is 4.98. The Morgan fingerprint density at radius 3 is 2.52 bits per heavy atom. The molecule has 0 fully saturated rings. The molecule has 2 aromatic rings. The molecular formula is C18H23BrIN3O2. The summed E-state index contributed by atoms with van der Waals surface area (Å²) in [5.74, 6) is 2.42. The van der Waals surface area contributed by atoms with Gasteiger partial charge in [-0.1, -0.05) is 24.3 Å². The van der Waals surface area contributed by atoms with Gasteiger partial charge in [-0.05, 0) is 45.8 Å². The number of nitrogens with zero attached hydrogens (tertiary/aromatic N) is 1. The van der Waals surface area contributed by atoms with Gasteiger partial charge in [-0.3, -0.25) is 4.99 Å². The molecule has 0 radical (unpaired) electrons. The molecule has 0 atom stereocenters. The average Bonchev–Trinajstić information content (AvgIpc) is 2.62. The summed E-state index contributed by atoms with van der Waals surface area (Å²) in [5.41, 5.74) is 1.13. The number of hydrogen-bond donors (Lipinski definition) is 2. The van der Waals surface area contributed by atoms with Crippen LogP contribution in [-0.2, 0) is 6.54 Å². The zero-order valence-corrected chi connectivity index (χ0v) is 18.2. The van der Waals surface area contributed by atoms with Gasteiger partial charge >= 0.3 is 0 Å². The van der Waals surface area contributed by atoms with Crippen LogP contribution in [0.25, 0.3) is 0 Å². The van der Waals surface area contributed by atoms with E-state index in [1.807, 2.05) is 48.5 Å². The van der Waals surface area contributed by atoms with Crippen LogP contribution < -0.4 is 20.1 Å². The van der Waals surface area contributed by atoms with Gasteiger partial charge in [0.1, 0.15) is 18.1 Å². The zero-order chi connectivity index (χ0) is 17.2. The van der Waals surface area contributed by atoms with Gasteiger partial charge in [0.2, 0.25) is 0 Å². The standard InChI is InChI=1S/C18H22BrN3O2.HI/c1-20-18(21-10-11-24-15-6-4-3-5-7-15)22-13-14-8-9-17(23-2)16(19)12-14;/h3-9,12H,10-11,13H2,1-2H3,(H2,20,21,22);1H. The van der Waals surface area contributed by atoms with Crippen molar-refractivity contribution in [2.24, 2.45) is 4.99 Å². The first-order valence-corrected chi connectivity index (χ1v) is 8.47. The molecule has 25 heavy (non-hydrogen) atoms. The molecule has 0 heterocycles. The van der Waals surface area contributed by atoms with Crippen LogP contribution in [0.5, 0.6) is 11.5 Å². The Labute approximate surface area is 174 Å². The molecular weight excluding hydrogens is 497 g/mol. The van der Waals surface area contributed by atoms with Crippen molar-refractivity contribution in [3.05, 3.63) is 58.6 Å². The maximum Gasteiger partial charge on any atom is 0.191 e. The number of nitrogens with one attached hydrogen (secondary N) is 2. The number of benzene rings is 2. The van der Waals surface area contributed by atoms with E-state index in [-0.39, 0.29) is 24.0 Å². The monoisotopic (exact) mass is 519 g/mol. The first-order valence-electron chi connectivity index (χ1n) is 7.67. The van der Waals surface area contributed by atoms with Crippen LogP contribution in [0.1, 0.15) is 5.56 Å². The lowest BCUT2D eigenvalue weighted by molar-refractivity contribution is 0.322. The fourth-order valence-electron chi connectivity index (χ4n) is 2.08. The van der Waals surface area contributed by atoms with Crippen molar-refractivity contribution in [2.45, 2.75) is 6.54 Å². The van der Waals surface area contributed by atoms with Crippen molar-refractivity contribution >= 4 is 45.9 Å². The Balaban J connectivity index is 0.00000312. The number of ether oxygens (including phenoxy) is 2. The molecule has 0 aromatic heterocycles. The summed E-state index contributed by atoms with van der Waals surface area (Å²) < 4.78 is 11.8. The lowest BCUT2D eigenvalue weighted by atomic mass is 10.2. The lowest BCUT2D eigenvalue weighted by Crippen LogP contribution is -2.38. The highest BCUT2D eigenvalue weighted by Gasteiger charge is 2.03. The maximum absolute atomic E-state index is 5.64. The Hall–Kier alpha value is -1.48. The fourth-order valence-corrected chi connectivity index (χ4v) is 2.67. The third-order valence-corrected chi connectivity index (χ3v) is 3.93. The van der Waals surface area contributed by atoms with Crippen molar-refractivity contribution in [2.75, 3.05) is 27.3 Å². The van der Waals surface area contributed by atoms with E-state index in [1.54, 1.807) is 14.2 Å². The van der Waals surface area contributed by atoms with Crippen LogP contribution in [0.3, 0.4) is 0 Å². The number of para-hydroxylation sites is 1. The molecule has 2 rings (SSSR count). The normalized spacial score (nSPS) is 10.6. The highest BCUT2D eigenvalue weighted by atomic mass is 127. The first-order chi connectivity index (χ1) is 11.7. The molecule has 0 bridgehead atoms. The van der Waals surface area contributed by atoms with Crippen molar-refractivity contribution in [1.29, 1.82) is 0 Å². The highest BCUT2D eigenvalue weighted by molar-refractivity contribution is 14.0. The molecule has 0 aliphatic rings. The molecule has 2 N–H and O–H groups in total.